The number of amides is 1. The molecule has 1 amide bonds. The van der Waals surface area contributed by atoms with E-state index in [9.17, 15) is 4.79 Å². The van der Waals surface area contributed by atoms with Gasteiger partial charge in [-0.1, -0.05) is 25.1 Å². The predicted octanol–water partition coefficient (Wildman–Crippen LogP) is 3.90. The molecule has 1 unspecified atom stereocenters. The molecule has 0 bridgehead atoms. The van der Waals surface area contributed by atoms with E-state index in [1.54, 1.807) is 25.1 Å². The molecule has 5 nitrogen and oxygen atoms in total. The third kappa shape index (κ3) is 2.33. The van der Waals surface area contributed by atoms with Crippen molar-refractivity contribution in [2.24, 2.45) is 4.99 Å². The maximum absolute atomic E-state index is 13.3. The number of aliphatic imine (C=N–C) groups is 1. The number of allylic oxidation sites excluding steroid dienone is 1. The van der Waals surface area contributed by atoms with E-state index in [0.29, 0.717) is 0 Å². The fourth-order valence-corrected chi connectivity index (χ4v) is 3.05. The molecule has 118 valence electrons. The number of hydrogen-bond acceptors (Lipinski definition) is 3. The Bertz CT molecular complexity index is 760. The van der Waals surface area contributed by atoms with Crippen LogP contribution in [-0.2, 0) is 0 Å². The molecule has 1 aliphatic rings. The maximum atomic E-state index is 13.3. The van der Waals surface area contributed by atoms with Gasteiger partial charge in [-0.25, -0.2) is 19.3 Å². The minimum absolute atomic E-state index is 0.0212. The third-order valence-electron chi connectivity index (χ3n) is 4.28. The zero-order valence-electron chi connectivity index (χ0n) is 13.7. The van der Waals surface area contributed by atoms with Gasteiger partial charge in [-0.15, -0.1) is 0 Å². The molecule has 0 N–H and O–H groups in total. The number of quaternary nitrogens is 1. The average molecular weight is 309 g/mol. The first-order chi connectivity index (χ1) is 11.1. The summed E-state index contributed by atoms with van der Waals surface area (Å²) in [6.07, 6.45) is 7.41. The van der Waals surface area contributed by atoms with E-state index in [0.717, 1.165) is 23.4 Å². The second kappa shape index (κ2) is 5.93. The Morgan fingerprint density at radius 2 is 2.00 bits per heavy atom. The van der Waals surface area contributed by atoms with Gasteiger partial charge in [0.05, 0.1) is 0 Å². The first kappa shape index (κ1) is 15.4. The van der Waals surface area contributed by atoms with E-state index < -0.39 is 0 Å². The lowest BCUT2D eigenvalue weighted by Crippen LogP contribution is -2.55. The second-order valence-electron chi connectivity index (χ2n) is 5.88. The summed E-state index contributed by atoms with van der Waals surface area (Å²) in [5.41, 5.74) is 2.95. The Morgan fingerprint density at radius 1 is 1.26 bits per heavy atom. The number of carbonyl (C=O) groups excluding carboxylic acids is 1. The molecule has 0 radical (unpaired) electrons. The first-order valence-electron chi connectivity index (χ1n) is 7.87. The minimum Gasteiger partial charge on any atom is -0.245 e. The number of imidazole rings is 1. The normalized spacial score (nSPS) is 20.5. The Kier molecular flexibility index (Phi) is 3.96. The van der Waals surface area contributed by atoms with Crippen LogP contribution in [0.2, 0.25) is 0 Å². The van der Waals surface area contributed by atoms with Crippen LogP contribution >= 0.6 is 0 Å². The summed E-state index contributed by atoms with van der Waals surface area (Å²) in [5, 5.41) is 0. The van der Waals surface area contributed by atoms with Gasteiger partial charge < -0.3 is 0 Å². The van der Waals surface area contributed by atoms with Crippen LogP contribution < -0.4 is 0 Å². The molecule has 1 aromatic heterocycles. The van der Waals surface area contributed by atoms with Crippen molar-refractivity contribution in [2.45, 2.75) is 33.2 Å². The van der Waals surface area contributed by atoms with Gasteiger partial charge in [0.25, 0.3) is 0 Å². The highest BCUT2D eigenvalue weighted by atomic mass is 16.2. The van der Waals surface area contributed by atoms with E-state index in [1.165, 1.54) is 4.57 Å². The largest absolute Gasteiger partial charge is 0.439 e. The summed E-state index contributed by atoms with van der Waals surface area (Å²) < 4.78 is 1.61. The molecule has 23 heavy (non-hydrogen) atoms. The van der Waals surface area contributed by atoms with Gasteiger partial charge in [0, 0.05) is 18.0 Å². The van der Waals surface area contributed by atoms with Crippen LogP contribution in [0.5, 0.6) is 0 Å². The number of rotatable bonds is 3. The highest BCUT2D eigenvalue weighted by Gasteiger charge is 2.49. The van der Waals surface area contributed by atoms with Gasteiger partial charge >= 0.3 is 6.03 Å². The first-order valence-corrected chi connectivity index (χ1v) is 7.87. The monoisotopic (exact) mass is 309 g/mol. The zero-order chi connectivity index (χ0) is 16.4. The lowest BCUT2D eigenvalue weighted by atomic mass is 10.0. The number of hydrogen-bond donors (Lipinski definition) is 0. The predicted molar refractivity (Wildman–Crippen MR) is 90.6 cm³/mol. The average Bonchev–Trinajstić information content (AvgIpc) is 3.23. The van der Waals surface area contributed by atoms with Crippen LogP contribution in [0.4, 0.5) is 4.79 Å². The summed E-state index contributed by atoms with van der Waals surface area (Å²) in [5.74, 6) is 0. The van der Waals surface area contributed by atoms with Crippen molar-refractivity contribution < 1.29 is 9.28 Å². The van der Waals surface area contributed by atoms with Crippen molar-refractivity contribution in [1.82, 2.24) is 9.55 Å². The number of carbonyl (C=O) groups is 1. The van der Waals surface area contributed by atoms with Gasteiger partial charge in [0.2, 0.25) is 6.34 Å². The van der Waals surface area contributed by atoms with Crippen LogP contribution in [0.25, 0.3) is 5.70 Å². The highest BCUT2D eigenvalue weighted by molar-refractivity contribution is 5.90. The molecule has 1 aromatic carbocycles. The Balaban J connectivity index is 2.22. The van der Waals surface area contributed by atoms with Crippen molar-refractivity contribution >= 4 is 18.1 Å². The van der Waals surface area contributed by atoms with Crippen molar-refractivity contribution in [3.63, 3.8) is 0 Å². The number of nitrogens with zero attached hydrogens (tertiary/aromatic N) is 4. The lowest BCUT2D eigenvalue weighted by Gasteiger charge is -2.33. The Hall–Kier alpha value is -2.53. The van der Waals surface area contributed by atoms with Crippen LogP contribution in [0.3, 0.4) is 0 Å². The smallest absolute Gasteiger partial charge is 0.245 e. The van der Waals surface area contributed by atoms with Crippen LogP contribution in [-0.4, -0.2) is 32.4 Å². The molecule has 3 rings (SSSR count). The maximum Gasteiger partial charge on any atom is 0.439 e. The van der Waals surface area contributed by atoms with E-state index in [-0.39, 0.29) is 16.6 Å². The number of benzene rings is 1. The summed E-state index contributed by atoms with van der Waals surface area (Å²) in [6, 6.07) is 9.99. The van der Waals surface area contributed by atoms with Gasteiger partial charge in [-0.05, 0) is 32.4 Å². The molecule has 0 aliphatic carbocycles. The lowest BCUT2D eigenvalue weighted by molar-refractivity contribution is -0.696. The molecule has 0 saturated carbocycles. The number of aromatic nitrogens is 2. The summed E-state index contributed by atoms with van der Waals surface area (Å²) in [4.78, 5) is 21.9. The van der Waals surface area contributed by atoms with Crippen molar-refractivity contribution in [2.75, 3.05) is 0 Å². The quantitative estimate of drug-likeness (QED) is 0.807. The molecule has 0 spiro atoms. The highest BCUT2D eigenvalue weighted by Crippen LogP contribution is 2.39. The molecular formula is C18H21N4O+. The molecule has 5 heteroatoms. The third-order valence-corrected chi connectivity index (χ3v) is 4.28. The van der Waals surface area contributed by atoms with Crippen molar-refractivity contribution in [1.29, 1.82) is 0 Å². The van der Waals surface area contributed by atoms with E-state index >= 15 is 0 Å². The molecule has 0 fully saturated rings. The molecule has 0 saturated heterocycles. The molecular weight excluding hydrogens is 288 g/mol. The summed E-state index contributed by atoms with van der Waals surface area (Å²) in [7, 11) is 0. The van der Waals surface area contributed by atoms with Gasteiger partial charge in [0.15, 0.2) is 5.70 Å². The van der Waals surface area contributed by atoms with E-state index in [1.807, 2.05) is 44.2 Å². The summed E-state index contributed by atoms with van der Waals surface area (Å²) in [6.45, 7) is 6.16. The Morgan fingerprint density at radius 3 is 2.57 bits per heavy atom. The van der Waals surface area contributed by atoms with Gasteiger partial charge in [0.1, 0.15) is 18.1 Å². The van der Waals surface area contributed by atoms with E-state index in [2.05, 4.69) is 16.9 Å². The van der Waals surface area contributed by atoms with Gasteiger partial charge in [-0.3, -0.25) is 0 Å². The second-order valence-corrected chi connectivity index (χ2v) is 5.88. The standard InChI is InChI=1S/C18H21N4O/c1-4-16-17(15-8-6-5-7-9-15)22(13-20-16,14(2)3)18(23)21-11-10-19-12-21/h5-14H,4H2,1-3H3/q+1. The SMILES string of the molecule is CCC1=C(c2ccccc2)[N+](C(=O)n2ccnc2)(C(C)C)C=N1. The summed E-state index contributed by atoms with van der Waals surface area (Å²) >= 11 is 0. The van der Waals surface area contributed by atoms with E-state index in [4.69, 9.17) is 0 Å². The molecule has 2 aromatic rings. The minimum atomic E-state index is -0.0662. The molecule has 1 aliphatic heterocycles. The fraction of sp³-hybridized carbons (Fsp3) is 0.278. The zero-order valence-corrected chi connectivity index (χ0v) is 13.7. The van der Waals surface area contributed by atoms with Crippen molar-refractivity contribution in [3.8, 4) is 0 Å². The molecule has 1 atom stereocenters. The van der Waals surface area contributed by atoms with Crippen molar-refractivity contribution in [3.05, 3.63) is 60.3 Å². The van der Waals surface area contributed by atoms with Gasteiger partial charge in [-0.2, -0.15) is 4.48 Å². The van der Waals surface area contributed by atoms with Crippen LogP contribution in [0, 0.1) is 0 Å². The molecule has 2 heterocycles. The fourth-order valence-electron chi connectivity index (χ4n) is 3.05. The Labute approximate surface area is 136 Å². The topological polar surface area (TPSA) is 47.2 Å². The van der Waals surface area contributed by atoms with Crippen LogP contribution in [0.15, 0.2) is 59.7 Å². The van der Waals surface area contributed by atoms with Crippen LogP contribution in [0.1, 0.15) is 32.8 Å².